The molecule has 2 aromatic carbocycles. The lowest BCUT2D eigenvalue weighted by Gasteiger charge is -2.30. The van der Waals surface area contributed by atoms with Crippen LogP contribution < -0.4 is 5.32 Å². The largest absolute Gasteiger partial charge is 0.478 e. The SMILES string of the molecule is CC1CCN(C(=O)c2ccc(NC(=O)Cc3cccc(C(=O)O)c3)cc2)CC1. The number of hydrogen-bond donors (Lipinski definition) is 2. The second-order valence-corrected chi connectivity index (χ2v) is 7.28. The molecular formula is C22H24N2O4. The van der Waals surface area contributed by atoms with E-state index in [0.29, 0.717) is 22.7 Å². The Morgan fingerprint density at radius 2 is 1.71 bits per heavy atom. The van der Waals surface area contributed by atoms with Gasteiger partial charge in [0.15, 0.2) is 0 Å². The quantitative estimate of drug-likeness (QED) is 0.832. The molecule has 1 heterocycles. The average molecular weight is 380 g/mol. The Labute approximate surface area is 164 Å². The van der Waals surface area contributed by atoms with Gasteiger partial charge in [-0.2, -0.15) is 0 Å². The van der Waals surface area contributed by atoms with Crippen LogP contribution in [0.15, 0.2) is 48.5 Å². The third-order valence-corrected chi connectivity index (χ3v) is 5.03. The zero-order chi connectivity index (χ0) is 20.1. The maximum absolute atomic E-state index is 12.6. The van der Waals surface area contributed by atoms with Gasteiger partial charge in [0.2, 0.25) is 5.91 Å². The average Bonchev–Trinajstić information content (AvgIpc) is 2.68. The summed E-state index contributed by atoms with van der Waals surface area (Å²) in [5.74, 6) is -0.578. The van der Waals surface area contributed by atoms with Crippen molar-refractivity contribution < 1.29 is 19.5 Å². The number of likely N-dealkylation sites (tertiary alicyclic amines) is 1. The van der Waals surface area contributed by atoms with Crippen LogP contribution in [0.4, 0.5) is 5.69 Å². The number of piperidine rings is 1. The number of carboxylic acids is 1. The monoisotopic (exact) mass is 380 g/mol. The molecule has 2 N–H and O–H groups in total. The van der Waals surface area contributed by atoms with E-state index in [9.17, 15) is 14.4 Å². The summed E-state index contributed by atoms with van der Waals surface area (Å²) in [5, 5.41) is 11.8. The van der Waals surface area contributed by atoms with Crippen molar-refractivity contribution in [1.29, 1.82) is 0 Å². The topological polar surface area (TPSA) is 86.7 Å². The molecule has 0 radical (unpaired) electrons. The molecule has 0 aliphatic carbocycles. The van der Waals surface area contributed by atoms with Crippen molar-refractivity contribution in [2.75, 3.05) is 18.4 Å². The Morgan fingerprint density at radius 3 is 2.36 bits per heavy atom. The maximum atomic E-state index is 12.6. The van der Waals surface area contributed by atoms with Gasteiger partial charge in [-0.25, -0.2) is 4.79 Å². The molecule has 0 unspecified atom stereocenters. The molecule has 6 heteroatoms. The van der Waals surface area contributed by atoms with E-state index in [0.717, 1.165) is 25.9 Å². The first-order chi connectivity index (χ1) is 13.4. The van der Waals surface area contributed by atoms with Crippen molar-refractivity contribution in [3.05, 3.63) is 65.2 Å². The number of aromatic carboxylic acids is 1. The van der Waals surface area contributed by atoms with E-state index in [4.69, 9.17) is 5.11 Å². The number of carboxylic acid groups (broad SMARTS) is 1. The fourth-order valence-corrected chi connectivity index (χ4v) is 3.30. The Morgan fingerprint density at radius 1 is 1.04 bits per heavy atom. The van der Waals surface area contributed by atoms with Crippen LogP contribution in [0.25, 0.3) is 0 Å². The van der Waals surface area contributed by atoms with Crippen LogP contribution in [0.1, 0.15) is 46.0 Å². The molecule has 0 saturated carbocycles. The second-order valence-electron chi connectivity index (χ2n) is 7.28. The number of nitrogens with one attached hydrogen (secondary N) is 1. The van der Waals surface area contributed by atoms with Gasteiger partial charge in [-0.05, 0) is 60.7 Å². The van der Waals surface area contributed by atoms with Crippen LogP contribution in [-0.2, 0) is 11.2 Å². The highest BCUT2D eigenvalue weighted by atomic mass is 16.4. The number of carbonyl (C=O) groups excluding carboxylic acids is 2. The van der Waals surface area contributed by atoms with Crippen LogP contribution >= 0.6 is 0 Å². The fourth-order valence-electron chi connectivity index (χ4n) is 3.30. The molecule has 2 aromatic rings. The van der Waals surface area contributed by atoms with Crippen molar-refractivity contribution in [2.45, 2.75) is 26.2 Å². The summed E-state index contributed by atoms with van der Waals surface area (Å²) in [6.07, 6.45) is 2.14. The number of benzene rings is 2. The van der Waals surface area contributed by atoms with E-state index in [-0.39, 0.29) is 23.8 Å². The van der Waals surface area contributed by atoms with Gasteiger partial charge in [0.25, 0.3) is 5.91 Å². The summed E-state index contributed by atoms with van der Waals surface area (Å²) in [7, 11) is 0. The van der Waals surface area contributed by atoms with E-state index >= 15 is 0 Å². The van der Waals surface area contributed by atoms with Crippen molar-refractivity contribution in [2.24, 2.45) is 5.92 Å². The number of carbonyl (C=O) groups is 3. The predicted molar refractivity (Wildman–Crippen MR) is 106 cm³/mol. The van der Waals surface area contributed by atoms with Crippen LogP contribution in [0.3, 0.4) is 0 Å². The lowest BCUT2D eigenvalue weighted by Crippen LogP contribution is -2.37. The summed E-state index contributed by atoms with van der Waals surface area (Å²) < 4.78 is 0. The zero-order valence-corrected chi connectivity index (χ0v) is 15.9. The number of nitrogens with zero attached hydrogens (tertiary/aromatic N) is 1. The van der Waals surface area contributed by atoms with E-state index < -0.39 is 5.97 Å². The fraction of sp³-hybridized carbons (Fsp3) is 0.318. The highest BCUT2D eigenvalue weighted by molar-refractivity contribution is 5.96. The van der Waals surface area contributed by atoms with E-state index in [1.54, 1.807) is 36.4 Å². The van der Waals surface area contributed by atoms with Gasteiger partial charge >= 0.3 is 5.97 Å². The summed E-state index contributed by atoms with van der Waals surface area (Å²) in [5.41, 5.74) is 1.99. The Balaban J connectivity index is 1.58. The van der Waals surface area contributed by atoms with E-state index in [1.807, 2.05) is 4.90 Å². The number of amides is 2. The van der Waals surface area contributed by atoms with Gasteiger partial charge < -0.3 is 15.3 Å². The van der Waals surface area contributed by atoms with Crippen molar-refractivity contribution in [1.82, 2.24) is 4.90 Å². The maximum Gasteiger partial charge on any atom is 0.335 e. The summed E-state index contributed by atoms with van der Waals surface area (Å²) in [6.45, 7) is 3.78. The molecular weight excluding hydrogens is 356 g/mol. The number of anilines is 1. The Hall–Kier alpha value is -3.15. The van der Waals surface area contributed by atoms with Gasteiger partial charge in [-0.15, -0.1) is 0 Å². The molecule has 0 bridgehead atoms. The lowest BCUT2D eigenvalue weighted by atomic mass is 9.98. The molecule has 0 aromatic heterocycles. The first-order valence-corrected chi connectivity index (χ1v) is 9.44. The molecule has 1 saturated heterocycles. The molecule has 1 fully saturated rings. The molecule has 0 spiro atoms. The Kier molecular flexibility index (Phi) is 6.09. The Bertz CT molecular complexity index is 868. The lowest BCUT2D eigenvalue weighted by molar-refractivity contribution is -0.115. The molecule has 2 amide bonds. The zero-order valence-electron chi connectivity index (χ0n) is 15.9. The molecule has 6 nitrogen and oxygen atoms in total. The van der Waals surface area contributed by atoms with Crippen molar-refractivity contribution in [3.63, 3.8) is 0 Å². The van der Waals surface area contributed by atoms with Crippen molar-refractivity contribution in [3.8, 4) is 0 Å². The minimum Gasteiger partial charge on any atom is -0.478 e. The van der Waals surface area contributed by atoms with Crippen LogP contribution in [0.5, 0.6) is 0 Å². The van der Waals surface area contributed by atoms with E-state index in [2.05, 4.69) is 12.2 Å². The molecule has 146 valence electrons. The number of hydrogen-bond acceptors (Lipinski definition) is 3. The van der Waals surface area contributed by atoms with Gasteiger partial charge in [0.05, 0.1) is 12.0 Å². The molecule has 28 heavy (non-hydrogen) atoms. The summed E-state index contributed by atoms with van der Waals surface area (Å²) in [4.78, 5) is 37.7. The van der Waals surface area contributed by atoms with Gasteiger partial charge in [0.1, 0.15) is 0 Å². The van der Waals surface area contributed by atoms with Crippen LogP contribution in [0.2, 0.25) is 0 Å². The van der Waals surface area contributed by atoms with Gasteiger partial charge in [-0.3, -0.25) is 9.59 Å². The van der Waals surface area contributed by atoms with Crippen LogP contribution in [0, 0.1) is 5.92 Å². The smallest absolute Gasteiger partial charge is 0.335 e. The normalized spacial score (nSPS) is 14.5. The molecule has 1 aliphatic heterocycles. The second kappa shape index (κ2) is 8.69. The standard InChI is InChI=1S/C22H24N2O4/c1-15-9-11-24(12-10-15)21(26)17-5-7-19(8-6-17)23-20(25)14-16-3-2-4-18(13-16)22(27)28/h2-8,13,15H,9-12,14H2,1H3,(H,23,25)(H,27,28). The third kappa shape index (κ3) is 4.97. The number of rotatable bonds is 5. The predicted octanol–water partition coefficient (Wildman–Crippen LogP) is 3.44. The first kappa shape index (κ1) is 19.6. The molecule has 1 aliphatic rings. The minimum atomic E-state index is -1.02. The first-order valence-electron chi connectivity index (χ1n) is 9.44. The summed E-state index contributed by atoms with van der Waals surface area (Å²) >= 11 is 0. The van der Waals surface area contributed by atoms with Crippen LogP contribution in [-0.4, -0.2) is 40.9 Å². The third-order valence-electron chi connectivity index (χ3n) is 5.03. The van der Waals surface area contributed by atoms with Gasteiger partial charge in [-0.1, -0.05) is 19.1 Å². The molecule has 0 atom stereocenters. The summed E-state index contributed by atoms with van der Waals surface area (Å²) in [6, 6.07) is 13.2. The van der Waals surface area contributed by atoms with Crippen molar-refractivity contribution >= 4 is 23.5 Å². The van der Waals surface area contributed by atoms with Gasteiger partial charge in [0, 0.05) is 24.3 Å². The van der Waals surface area contributed by atoms with E-state index in [1.165, 1.54) is 12.1 Å². The highest BCUT2D eigenvalue weighted by Gasteiger charge is 2.21. The molecule has 3 rings (SSSR count). The minimum absolute atomic E-state index is 0.0234. The highest BCUT2D eigenvalue weighted by Crippen LogP contribution is 2.19.